The highest BCUT2D eigenvalue weighted by Gasteiger charge is 2.48. The fourth-order valence-corrected chi connectivity index (χ4v) is 3.21. The molecule has 0 saturated carbocycles. The van der Waals surface area contributed by atoms with E-state index < -0.39 is 24.0 Å². The summed E-state index contributed by atoms with van der Waals surface area (Å²) in [5.41, 5.74) is 0.746. The van der Waals surface area contributed by atoms with Gasteiger partial charge in [0.1, 0.15) is 6.10 Å². The van der Waals surface area contributed by atoms with Crippen LogP contribution in [0.3, 0.4) is 0 Å². The summed E-state index contributed by atoms with van der Waals surface area (Å²) >= 11 is 7.19. The molecule has 1 aromatic heterocycles. The second-order valence-corrected chi connectivity index (χ2v) is 6.26. The van der Waals surface area contributed by atoms with Gasteiger partial charge in [0.25, 0.3) is 0 Å². The lowest BCUT2D eigenvalue weighted by Crippen LogP contribution is -2.29. The van der Waals surface area contributed by atoms with E-state index in [1.54, 1.807) is 20.8 Å². The number of aryl methyl sites for hydroxylation is 1. The third kappa shape index (κ3) is 3.08. The molecule has 1 aliphatic rings. The summed E-state index contributed by atoms with van der Waals surface area (Å²) < 4.78 is 16.9. The second kappa shape index (κ2) is 5.36. The maximum atomic E-state index is 12.0. The summed E-state index contributed by atoms with van der Waals surface area (Å²) in [6.45, 7) is 7.40. The average Bonchev–Trinajstić information content (AvgIpc) is 2.78. The maximum absolute atomic E-state index is 12.0. The lowest BCUT2D eigenvalue weighted by atomic mass is 10.1. The van der Waals surface area contributed by atoms with Gasteiger partial charge in [-0.1, -0.05) is 11.6 Å². The number of thiazole rings is 1. The Labute approximate surface area is 120 Å². The second-order valence-electron chi connectivity index (χ2n) is 4.65. The Morgan fingerprint density at radius 3 is 2.74 bits per heavy atom. The van der Waals surface area contributed by atoms with Crippen LogP contribution in [0.2, 0.25) is 4.47 Å². The number of rotatable bonds is 3. The van der Waals surface area contributed by atoms with Crippen molar-refractivity contribution in [3.05, 3.63) is 15.0 Å². The molecule has 106 valence electrons. The zero-order chi connectivity index (χ0) is 14.2. The number of halogens is 1. The molecule has 7 heteroatoms. The van der Waals surface area contributed by atoms with E-state index in [0.717, 1.165) is 10.6 Å². The number of carbonyl (C=O) groups is 1. The zero-order valence-electron chi connectivity index (χ0n) is 11.2. The van der Waals surface area contributed by atoms with Crippen LogP contribution in [-0.4, -0.2) is 29.5 Å². The first kappa shape index (κ1) is 14.7. The number of esters is 1. The van der Waals surface area contributed by atoms with Gasteiger partial charge in [-0.05, 0) is 27.7 Å². The van der Waals surface area contributed by atoms with Crippen molar-refractivity contribution in [2.45, 2.75) is 45.7 Å². The molecule has 0 spiro atoms. The van der Waals surface area contributed by atoms with Crippen molar-refractivity contribution >= 4 is 28.9 Å². The SMILES string of the molecule is CCOC(=O)[C@@H]1OC(C)(C)O[C@@H]1c1sc(Cl)nc1C. The fraction of sp³-hybridized carbons (Fsp3) is 0.667. The molecular weight excluding hydrogens is 290 g/mol. The molecule has 19 heavy (non-hydrogen) atoms. The van der Waals surface area contributed by atoms with E-state index in [9.17, 15) is 4.79 Å². The van der Waals surface area contributed by atoms with Gasteiger partial charge in [0.15, 0.2) is 16.4 Å². The van der Waals surface area contributed by atoms with E-state index in [1.165, 1.54) is 11.3 Å². The lowest BCUT2D eigenvalue weighted by Gasteiger charge is -2.16. The molecule has 0 radical (unpaired) electrons. The van der Waals surface area contributed by atoms with Crippen LogP contribution in [0.25, 0.3) is 0 Å². The Morgan fingerprint density at radius 1 is 1.53 bits per heavy atom. The average molecular weight is 306 g/mol. The van der Waals surface area contributed by atoms with Crippen LogP contribution in [-0.2, 0) is 19.0 Å². The van der Waals surface area contributed by atoms with Gasteiger partial charge in [0.05, 0.1) is 17.2 Å². The molecule has 0 bridgehead atoms. The van der Waals surface area contributed by atoms with Gasteiger partial charge < -0.3 is 14.2 Å². The predicted molar refractivity (Wildman–Crippen MR) is 71.3 cm³/mol. The Balaban J connectivity index is 2.30. The molecule has 2 rings (SSSR count). The van der Waals surface area contributed by atoms with Crippen molar-refractivity contribution in [3.63, 3.8) is 0 Å². The number of carbonyl (C=O) groups excluding carboxylic acids is 1. The Morgan fingerprint density at radius 2 is 2.21 bits per heavy atom. The van der Waals surface area contributed by atoms with Crippen LogP contribution < -0.4 is 0 Å². The first-order chi connectivity index (χ1) is 8.84. The molecule has 0 aliphatic carbocycles. The lowest BCUT2D eigenvalue weighted by molar-refractivity contribution is -0.170. The highest BCUT2D eigenvalue weighted by atomic mass is 35.5. The van der Waals surface area contributed by atoms with Crippen LogP contribution in [0.1, 0.15) is 37.4 Å². The van der Waals surface area contributed by atoms with Crippen molar-refractivity contribution in [1.82, 2.24) is 4.98 Å². The number of aromatic nitrogens is 1. The van der Waals surface area contributed by atoms with Gasteiger partial charge in [-0.3, -0.25) is 0 Å². The van der Waals surface area contributed by atoms with Gasteiger partial charge in [-0.15, -0.1) is 11.3 Å². The van der Waals surface area contributed by atoms with Gasteiger partial charge in [-0.2, -0.15) is 0 Å². The van der Waals surface area contributed by atoms with Crippen LogP contribution in [0.15, 0.2) is 0 Å². The molecule has 1 fully saturated rings. The fourth-order valence-electron chi connectivity index (χ4n) is 1.99. The van der Waals surface area contributed by atoms with Crippen molar-refractivity contribution in [2.24, 2.45) is 0 Å². The summed E-state index contributed by atoms with van der Waals surface area (Å²) in [6.07, 6.45) is -1.32. The minimum atomic E-state index is -0.842. The minimum absolute atomic E-state index is 0.300. The van der Waals surface area contributed by atoms with Crippen molar-refractivity contribution in [1.29, 1.82) is 0 Å². The molecule has 1 aliphatic heterocycles. The smallest absolute Gasteiger partial charge is 0.338 e. The van der Waals surface area contributed by atoms with Crippen LogP contribution >= 0.6 is 22.9 Å². The Hall–Kier alpha value is -0.690. The Kier molecular flexibility index (Phi) is 4.15. The summed E-state index contributed by atoms with van der Waals surface area (Å²) in [4.78, 5) is 16.9. The highest BCUT2D eigenvalue weighted by molar-refractivity contribution is 7.15. The first-order valence-electron chi connectivity index (χ1n) is 5.99. The van der Waals surface area contributed by atoms with Gasteiger partial charge in [0.2, 0.25) is 0 Å². The Bertz CT molecular complexity index is 488. The maximum Gasteiger partial charge on any atom is 0.338 e. The topological polar surface area (TPSA) is 57.7 Å². The number of nitrogens with zero attached hydrogens (tertiary/aromatic N) is 1. The van der Waals surface area contributed by atoms with Crippen molar-refractivity contribution in [3.8, 4) is 0 Å². The quantitative estimate of drug-likeness (QED) is 0.804. The molecule has 0 N–H and O–H groups in total. The van der Waals surface area contributed by atoms with Gasteiger partial charge >= 0.3 is 5.97 Å². The van der Waals surface area contributed by atoms with E-state index in [1.807, 2.05) is 6.92 Å². The molecule has 1 aromatic rings. The summed E-state index contributed by atoms with van der Waals surface area (Å²) in [5.74, 6) is -1.27. The molecule has 2 heterocycles. The van der Waals surface area contributed by atoms with Crippen molar-refractivity contribution in [2.75, 3.05) is 6.61 Å². The number of hydrogen-bond donors (Lipinski definition) is 0. The van der Waals surface area contributed by atoms with E-state index in [4.69, 9.17) is 25.8 Å². The molecule has 1 saturated heterocycles. The minimum Gasteiger partial charge on any atom is -0.464 e. The first-order valence-corrected chi connectivity index (χ1v) is 7.18. The van der Waals surface area contributed by atoms with Gasteiger partial charge in [0, 0.05) is 0 Å². The van der Waals surface area contributed by atoms with Crippen LogP contribution in [0, 0.1) is 6.92 Å². The standard InChI is InChI=1S/C12H16ClNO4S/c1-5-16-10(15)8-7(17-12(3,4)18-8)9-6(2)14-11(13)19-9/h7-8H,5H2,1-4H3/t7-,8+/m0/s1. The van der Waals surface area contributed by atoms with E-state index >= 15 is 0 Å². The molecular formula is C12H16ClNO4S. The van der Waals surface area contributed by atoms with Crippen molar-refractivity contribution < 1.29 is 19.0 Å². The zero-order valence-corrected chi connectivity index (χ0v) is 12.8. The predicted octanol–water partition coefficient (Wildman–Crippen LogP) is 2.86. The summed E-state index contributed by atoms with van der Waals surface area (Å²) in [7, 11) is 0. The molecule has 0 aromatic carbocycles. The number of hydrogen-bond acceptors (Lipinski definition) is 6. The summed E-state index contributed by atoms with van der Waals surface area (Å²) in [5, 5.41) is 0. The number of ether oxygens (including phenoxy) is 3. The van der Waals surface area contributed by atoms with Gasteiger partial charge in [-0.25, -0.2) is 9.78 Å². The van der Waals surface area contributed by atoms with Crippen LogP contribution in [0.5, 0.6) is 0 Å². The molecule has 5 nitrogen and oxygen atoms in total. The largest absolute Gasteiger partial charge is 0.464 e. The third-order valence-corrected chi connectivity index (χ3v) is 4.00. The van der Waals surface area contributed by atoms with E-state index in [2.05, 4.69) is 4.98 Å². The highest BCUT2D eigenvalue weighted by Crippen LogP contribution is 2.42. The third-order valence-electron chi connectivity index (χ3n) is 2.68. The normalized spacial score (nSPS) is 25.5. The summed E-state index contributed by atoms with van der Waals surface area (Å²) in [6, 6.07) is 0. The monoisotopic (exact) mass is 305 g/mol. The molecule has 0 amide bonds. The molecule has 0 unspecified atom stereocenters. The van der Waals surface area contributed by atoms with Crippen LogP contribution in [0.4, 0.5) is 0 Å². The molecule has 2 atom stereocenters. The van der Waals surface area contributed by atoms with E-state index in [0.29, 0.717) is 11.1 Å². The van der Waals surface area contributed by atoms with E-state index in [-0.39, 0.29) is 0 Å².